The summed E-state index contributed by atoms with van der Waals surface area (Å²) in [5.74, 6) is 5.62. The van der Waals surface area contributed by atoms with Crippen LogP contribution < -0.4 is 22.2 Å². The van der Waals surface area contributed by atoms with Gasteiger partial charge in [-0.1, -0.05) is 17.7 Å². The van der Waals surface area contributed by atoms with Crippen LogP contribution in [0.5, 0.6) is 0 Å². The number of halogens is 1. The summed E-state index contributed by atoms with van der Waals surface area (Å²) >= 11 is 6.04. The zero-order valence-electron chi connectivity index (χ0n) is 12.8. The van der Waals surface area contributed by atoms with Gasteiger partial charge in [-0.15, -0.1) is 0 Å². The lowest BCUT2D eigenvalue weighted by Gasteiger charge is -2.44. The average Bonchev–Trinajstić information content (AvgIpc) is 2.45. The highest BCUT2D eigenvalue weighted by Gasteiger charge is 2.46. The van der Waals surface area contributed by atoms with Crippen molar-refractivity contribution in [3.05, 3.63) is 40.7 Å². The molecule has 1 unspecified atom stereocenters. The van der Waals surface area contributed by atoms with Gasteiger partial charge in [0, 0.05) is 42.4 Å². The van der Waals surface area contributed by atoms with Crippen molar-refractivity contribution in [3.63, 3.8) is 0 Å². The normalized spacial score (nSPS) is 27.2. The number of carbonyl (C=O) groups excluding carboxylic acids is 1. The van der Waals surface area contributed by atoms with Crippen LogP contribution in [0, 0.1) is 0 Å². The minimum Gasteiger partial charge on any atom is -0.438 e. The maximum atomic E-state index is 12.0. The molecule has 23 heavy (non-hydrogen) atoms. The molecular weight excluding hydrogens is 318 g/mol. The number of ether oxygens (including phenoxy) is 1. The van der Waals surface area contributed by atoms with Crippen molar-refractivity contribution in [3.8, 4) is 0 Å². The van der Waals surface area contributed by atoms with Gasteiger partial charge in [-0.25, -0.2) is 10.6 Å². The molecule has 6 N–H and O–H groups in total. The predicted octanol–water partition coefficient (Wildman–Crippen LogP) is 1.46. The van der Waals surface area contributed by atoms with Crippen LogP contribution in [0.4, 0.5) is 10.5 Å². The Bertz CT molecular complexity index is 663. The number of fused-ring (bicyclic) bond motifs is 2. The number of piperidine rings is 1. The SMILES string of the molecule is CN(N)/C=C(\N)[C@@H]1CC2(CCN1)OC(=O)Nc1cc(Cl)ccc12. The molecule has 0 aliphatic carbocycles. The van der Waals surface area contributed by atoms with Crippen molar-refractivity contribution < 1.29 is 9.53 Å². The number of benzene rings is 1. The Morgan fingerprint density at radius 1 is 1.57 bits per heavy atom. The summed E-state index contributed by atoms with van der Waals surface area (Å²) in [6, 6.07) is 5.30. The van der Waals surface area contributed by atoms with Crippen molar-refractivity contribution in [2.24, 2.45) is 11.6 Å². The lowest BCUT2D eigenvalue weighted by molar-refractivity contribution is -0.0210. The van der Waals surface area contributed by atoms with E-state index in [1.165, 1.54) is 5.01 Å². The van der Waals surface area contributed by atoms with E-state index in [0.29, 0.717) is 35.8 Å². The molecule has 1 amide bonds. The van der Waals surface area contributed by atoms with Gasteiger partial charge in [0.2, 0.25) is 0 Å². The van der Waals surface area contributed by atoms with Crippen molar-refractivity contribution in [1.29, 1.82) is 0 Å². The Kier molecular flexibility index (Phi) is 4.09. The molecule has 0 saturated carbocycles. The first kappa shape index (κ1) is 15.9. The van der Waals surface area contributed by atoms with Crippen molar-refractivity contribution in [2.45, 2.75) is 24.5 Å². The fourth-order valence-corrected chi connectivity index (χ4v) is 3.41. The molecule has 7 nitrogen and oxygen atoms in total. The van der Waals surface area contributed by atoms with Gasteiger partial charge in [-0.05, 0) is 18.7 Å². The summed E-state index contributed by atoms with van der Waals surface area (Å²) in [5, 5.41) is 8.02. The van der Waals surface area contributed by atoms with Crippen molar-refractivity contribution >= 4 is 23.4 Å². The fourth-order valence-electron chi connectivity index (χ4n) is 3.24. The van der Waals surface area contributed by atoms with Crippen LogP contribution in [0.15, 0.2) is 30.1 Å². The van der Waals surface area contributed by atoms with Crippen LogP contribution in [-0.2, 0) is 10.3 Å². The third-order valence-electron chi connectivity index (χ3n) is 4.21. The summed E-state index contributed by atoms with van der Waals surface area (Å²) in [4.78, 5) is 12.0. The number of anilines is 1. The molecule has 0 radical (unpaired) electrons. The summed E-state index contributed by atoms with van der Waals surface area (Å²) in [5.41, 5.74) is 7.60. The van der Waals surface area contributed by atoms with Crippen LogP contribution in [-0.4, -0.2) is 30.7 Å². The first-order valence-corrected chi connectivity index (χ1v) is 7.75. The van der Waals surface area contributed by atoms with Crippen LogP contribution in [0.25, 0.3) is 0 Å². The highest BCUT2D eigenvalue weighted by molar-refractivity contribution is 6.31. The van der Waals surface area contributed by atoms with E-state index >= 15 is 0 Å². The number of rotatable bonds is 2. The maximum absolute atomic E-state index is 12.0. The van der Waals surface area contributed by atoms with E-state index < -0.39 is 11.7 Å². The average molecular weight is 338 g/mol. The second-order valence-electron chi connectivity index (χ2n) is 5.95. The zero-order valence-corrected chi connectivity index (χ0v) is 13.6. The van der Waals surface area contributed by atoms with Crippen LogP contribution in [0.2, 0.25) is 5.02 Å². The molecule has 2 atom stereocenters. The van der Waals surface area contributed by atoms with Gasteiger partial charge in [0.25, 0.3) is 0 Å². The minimum absolute atomic E-state index is 0.135. The fraction of sp³-hybridized carbons (Fsp3) is 0.400. The minimum atomic E-state index is -0.718. The van der Waals surface area contributed by atoms with Gasteiger partial charge < -0.3 is 20.8 Å². The molecule has 0 bridgehead atoms. The quantitative estimate of drug-likeness (QED) is 0.481. The van der Waals surface area contributed by atoms with E-state index in [-0.39, 0.29) is 6.04 Å². The standard InChI is InChI=1S/C15H20ClN5O2/c1-21(18)8-11(17)13-7-15(4-5-19-13)10-3-2-9(16)6-12(10)20-14(22)23-15/h2-3,6,8,13,19H,4-5,7,17-18H2,1H3,(H,20,22)/b11-8-/t13-,15?/m0/s1. The largest absolute Gasteiger partial charge is 0.438 e. The number of amides is 1. The molecule has 1 fully saturated rings. The van der Waals surface area contributed by atoms with E-state index in [4.69, 9.17) is 27.9 Å². The Morgan fingerprint density at radius 2 is 2.35 bits per heavy atom. The molecule has 3 rings (SSSR count). The molecule has 1 aromatic carbocycles. The monoisotopic (exact) mass is 337 g/mol. The number of carbonyl (C=O) groups is 1. The molecule has 2 aliphatic rings. The summed E-state index contributed by atoms with van der Waals surface area (Å²) in [6.07, 6.45) is 2.38. The Balaban J connectivity index is 1.97. The van der Waals surface area contributed by atoms with Crippen molar-refractivity contribution in [2.75, 3.05) is 18.9 Å². The predicted molar refractivity (Wildman–Crippen MR) is 88.5 cm³/mol. The molecular formula is C15H20ClN5O2. The number of hydrazine groups is 1. The lowest BCUT2D eigenvalue weighted by atomic mass is 9.79. The van der Waals surface area contributed by atoms with E-state index in [1.54, 1.807) is 25.4 Å². The second-order valence-corrected chi connectivity index (χ2v) is 6.39. The number of nitrogens with two attached hydrogens (primary N) is 2. The van der Waals surface area contributed by atoms with Crippen molar-refractivity contribution in [1.82, 2.24) is 10.3 Å². The number of hydrogen-bond donors (Lipinski definition) is 4. The first-order valence-electron chi connectivity index (χ1n) is 7.38. The zero-order chi connectivity index (χ0) is 16.6. The molecule has 1 saturated heterocycles. The van der Waals surface area contributed by atoms with Gasteiger partial charge in [-0.2, -0.15) is 0 Å². The molecule has 1 spiro atoms. The van der Waals surface area contributed by atoms with Gasteiger partial charge in [0.1, 0.15) is 5.60 Å². The topological polar surface area (TPSA) is 106 Å². The third-order valence-corrected chi connectivity index (χ3v) is 4.44. The Hall–Kier alpha value is -1.96. The summed E-state index contributed by atoms with van der Waals surface area (Å²) in [6.45, 7) is 0.669. The molecule has 2 aliphatic heterocycles. The first-order chi connectivity index (χ1) is 10.9. The van der Waals surface area contributed by atoms with E-state index in [9.17, 15) is 4.79 Å². The molecule has 2 heterocycles. The van der Waals surface area contributed by atoms with E-state index in [1.807, 2.05) is 6.07 Å². The molecule has 1 aromatic rings. The molecule has 8 heteroatoms. The number of nitrogens with one attached hydrogen (secondary N) is 2. The smallest absolute Gasteiger partial charge is 0.412 e. The number of nitrogens with zero attached hydrogens (tertiary/aromatic N) is 1. The summed E-state index contributed by atoms with van der Waals surface area (Å²) in [7, 11) is 1.70. The second kappa shape index (κ2) is 5.92. The maximum Gasteiger partial charge on any atom is 0.412 e. The van der Waals surface area contributed by atoms with Gasteiger partial charge in [0.15, 0.2) is 0 Å². The highest BCUT2D eigenvalue weighted by Crippen LogP contribution is 2.44. The van der Waals surface area contributed by atoms with Crippen LogP contribution in [0.3, 0.4) is 0 Å². The lowest BCUT2D eigenvalue weighted by Crippen LogP contribution is -2.52. The van der Waals surface area contributed by atoms with Gasteiger partial charge in [-0.3, -0.25) is 5.32 Å². The van der Waals surface area contributed by atoms with E-state index in [0.717, 1.165) is 5.56 Å². The Morgan fingerprint density at radius 3 is 3.09 bits per heavy atom. The highest BCUT2D eigenvalue weighted by atomic mass is 35.5. The van der Waals surface area contributed by atoms with E-state index in [2.05, 4.69) is 10.6 Å². The Labute approximate surface area is 139 Å². The van der Waals surface area contributed by atoms with Gasteiger partial charge >= 0.3 is 6.09 Å². The number of hydrogen-bond acceptors (Lipinski definition) is 6. The third kappa shape index (κ3) is 3.08. The molecule has 0 aromatic heterocycles. The van der Waals surface area contributed by atoms with Crippen LogP contribution >= 0.6 is 11.6 Å². The summed E-state index contributed by atoms with van der Waals surface area (Å²) < 4.78 is 5.71. The van der Waals surface area contributed by atoms with Crippen LogP contribution in [0.1, 0.15) is 18.4 Å². The molecule has 124 valence electrons. The van der Waals surface area contributed by atoms with Gasteiger partial charge in [0.05, 0.1) is 11.7 Å².